The number of nitrogens with zero attached hydrogens (tertiary/aromatic N) is 2. The van der Waals surface area contributed by atoms with E-state index in [9.17, 15) is 4.39 Å². The third-order valence-corrected chi connectivity index (χ3v) is 5.24. The number of hydrogen-bond acceptors (Lipinski definition) is 4. The molecule has 1 aliphatic rings. The van der Waals surface area contributed by atoms with Gasteiger partial charge >= 0.3 is 0 Å². The minimum Gasteiger partial charge on any atom is -0.380 e. The van der Waals surface area contributed by atoms with Crippen LogP contribution in [0.1, 0.15) is 29.2 Å². The number of guanidine groups is 1. The van der Waals surface area contributed by atoms with Crippen LogP contribution < -0.4 is 10.6 Å². The molecule has 7 heteroatoms. The first kappa shape index (κ1) is 23.2. The van der Waals surface area contributed by atoms with Crippen molar-refractivity contribution >= 4 is 5.96 Å². The topological polar surface area (TPSA) is 58.1 Å². The van der Waals surface area contributed by atoms with Crippen molar-refractivity contribution in [1.82, 2.24) is 15.5 Å². The molecule has 0 saturated carbocycles. The van der Waals surface area contributed by atoms with Gasteiger partial charge in [0, 0.05) is 45.4 Å². The van der Waals surface area contributed by atoms with E-state index in [4.69, 9.17) is 9.47 Å². The molecule has 6 nitrogen and oxygen atoms in total. The highest BCUT2D eigenvalue weighted by Gasteiger charge is 2.13. The molecule has 0 radical (unpaired) electrons. The van der Waals surface area contributed by atoms with Crippen LogP contribution in [0.25, 0.3) is 0 Å². The van der Waals surface area contributed by atoms with Crippen molar-refractivity contribution in [2.45, 2.75) is 33.2 Å². The molecule has 0 atom stereocenters. The molecule has 3 rings (SSSR count). The smallest absolute Gasteiger partial charge is 0.191 e. The highest BCUT2D eigenvalue weighted by molar-refractivity contribution is 5.79. The second-order valence-corrected chi connectivity index (χ2v) is 7.56. The van der Waals surface area contributed by atoms with E-state index < -0.39 is 0 Å². The summed E-state index contributed by atoms with van der Waals surface area (Å²) in [6, 6.07) is 13.5. The molecule has 2 aromatic rings. The highest BCUT2D eigenvalue weighted by atomic mass is 19.1. The molecule has 0 amide bonds. The fourth-order valence-corrected chi connectivity index (χ4v) is 3.57. The summed E-state index contributed by atoms with van der Waals surface area (Å²) in [5.74, 6) is 0.484. The van der Waals surface area contributed by atoms with E-state index in [2.05, 4.69) is 44.8 Å². The van der Waals surface area contributed by atoms with Gasteiger partial charge < -0.3 is 20.1 Å². The molecule has 31 heavy (non-hydrogen) atoms. The van der Waals surface area contributed by atoms with Gasteiger partial charge in [-0.1, -0.05) is 30.3 Å². The van der Waals surface area contributed by atoms with Gasteiger partial charge in [0.25, 0.3) is 0 Å². The maximum Gasteiger partial charge on any atom is 0.191 e. The van der Waals surface area contributed by atoms with E-state index in [1.165, 1.54) is 17.2 Å². The molecule has 1 fully saturated rings. The molecule has 168 valence electrons. The Morgan fingerprint density at radius 3 is 2.61 bits per heavy atom. The molecule has 0 bridgehead atoms. The van der Waals surface area contributed by atoms with Crippen molar-refractivity contribution in [2.75, 3.05) is 40.0 Å². The van der Waals surface area contributed by atoms with E-state index >= 15 is 0 Å². The van der Waals surface area contributed by atoms with Crippen LogP contribution >= 0.6 is 0 Å². The van der Waals surface area contributed by atoms with Crippen molar-refractivity contribution in [3.63, 3.8) is 0 Å². The zero-order valence-electron chi connectivity index (χ0n) is 18.5. The number of halogens is 1. The van der Waals surface area contributed by atoms with Gasteiger partial charge in [-0.25, -0.2) is 9.38 Å². The zero-order chi connectivity index (χ0) is 21.9. The molecule has 2 aromatic carbocycles. The summed E-state index contributed by atoms with van der Waals surface area (Å²) < 4.78 is 24.4. The molecule has 0 aromatic heterocycles. The fraction of sp³-hybridized carbons (Fsp3) is 0.458. The lowest BCUT2D eigenvalue weighted by molar-refractivity contribution is 0.0341. The molecule has 1 saturated heterocycles. The largest absolute Gasteiger partial charge is 0.380 e. The van der Waals surface area contributed by atoms with Crippen molar-refractivity contribution in [1.29, 1.82) is 0 Å². The maximum atomic E-state index is 13.8. The lowest BCUT2D eigenvalue weighted by Crippen LogP contribution is -2.38. The van der Waals surface area contributed by atoms with Crippen LogP contribution in [0, 0.1) is 5.82 Å². The number of rotatable bonds is 9. The Bertz CT molecular complexity index is 853. The Kier molecular flexibility index (Phi) is 9.27. The summed E-state index contributed by atoms with van der Waals surface area (Å²) in [6.07, 6.45) is 0. The highest BCUT2D eigenvalue weighted by Crippen LogP contribution is 2.14. The molecule has 1 aliphatic heterocycles. The van der Waals surface area contributed by atoms with Gasteiger partial charge in [-0.15, -0.1) is 0 Å². The minimum absolute atomic E-state index is 0.252. The quantitative estimate of drug-likeness (QED) is 0.475. The predicted molar refractivity (Wildman–Crippen MR) is 121 cm³/mol. The van der Waals surface area contributed by atoms with E-state index in [0.717, 1.165) is 50.9 Å². The van der Waals surface area contributed by atoms with Crippen LogP contribution in [0.15, 0.2) is 47.5 Å². The van der Waals surface area contributed by atoms with E-state index in [0.29, 0.717) is 18.7 Å². The first-order valence-electron chi connectivity index (χ1n) is 10.8. The summed E-state index contributed by atoms with van der Waals surface area (Å²) in [4.78, 5) is 7.10. The van der Waals surface area contributed by atoms with Gasteiger partial charge in [0.1, 0.15) is 5.82 Å². The average molecular weight is 429 g/mol. The number of aliphatic imine (C=N–C) groups is 1. The van der Waals surface area contributed by atoms with E-state index in [-0.39, 0.29) is 12.4 Å². The molecule has 2 N–H and O–H groups in total. The van der Waals surface area contributed by atoms with Crippen LogP contribution in [0.4, 0.5) is 4.39 Å². The summed E-state index contributed by atoms with van der Waals surface area (Å²) >= 11 is 0. The zero-order valence-corrected chi connectivity index (χ0v) is 18.5. The Balaban J connectivity index is 1.63. The lowest BCUT2D eigenvalue weighted by Gasteiger charge is -2.27. The maximum absolute atomic E-state index is 13.8. The second-order valence-electron chi connectivity index (χ2n) is 7.56. The lowest BCUT2D eigenvalue weighted by atomic mass is 10.1. The van der Waals surface area contributed by atoms with Crippen molar-refractivity contribution in [2.24, 2.45) is 4.99 Å². The summed E-state index contributed by atoms with van der Waals surface area (Å²) in [5.41, 5.74) is 4.06. The van der Waals surface area contributed by atoms with Crippen LogP contribution in [0.2, 0.25) is 0 Å². The predicted octanol–water partition coefficient (Wildman–Crippen LogP) is 3.06. The van der Waals surface area contributed by atoms with Crippen LogP contribution in [-0.2, 0) is 35.7 Å². The molecular formula is C24H33FN4O2. The number of methoxy groups -OCH3 is 1. The van der Waals surface area contributed by atoms with Crippen molar-refractivity contribution < 1.29 is 13.9 Å². The van der Waals surface area contributed by atoms with Gasteiger partial charge in [-0.3, -0.25) is 4.90 Å². The number of ether oxygens (including phenoxy) is 2. The number of morpholine rings is 1. The average Bonchev–Trinajstić information content (AvgIpc) is 2.79. The number of nitrogens with one attached hydrogen (secondary N) is 2. The van der Waals surface area contributed by atoms with Crippen LogP contribution in [-0.4, -0.2) is 50.8 Å². The first-order valence-corrected chi connectivity index (χ1v) is 10.8. The van der Waals surface area contributed by atoms with Gasteiger partial charge in [-0.05, 0) is 35.7 Å². The summed E-state index contributed by atoms with van der Waals surface area (Å²) in [7, 11) is 1.56. The minimum atomic E-state index is -0.253. The molecule has 0 aliphatic carbocycles. The number of benzene rings is 2. The standard InChI is InChI=1S/C24H33FN4O2/c1-3-26-24(27-15-19-8-9-23(25)22(14-19)18-30-2)28-16-20-6-4-5-7-21(20)17-29-10-12-31-13-11-29/h4-9,14H,3,10-13,15-18H2,1-2H3,(H2,26,27,28). The van der Waals surface area contributed by atoms with E-state index in [1.54, 1.807) is 13.2 Å². The second kappa shape index (κ2) is 12.4. The molecular weight excluding hydrogens is 395 g/mol. The van der Waals surface area contributed by atoms with E-state index in [1.807, 2.05) is 13.0 Å². The Hall–Kier alpha value is -2.48. The first-order chi connectivity index (χ1) is 15.2. The van der Waals surface area contributed by atoms with Gasteiger partial charge in [-0.2, -0.15) is 0 Å². The Morgan fingerprint density at radius 2 is 1.87 bits per heavy atom. The van der Waals surface area contributed by atoms with Crippen molar-refractivity contribution in [3.05, 3.63) is 70.5 Å². The summed E-state index contributed by atoms with van der Waals surface area (Å²) in [5, 5.41) is 6.72. The molecule has 1 heterocycles. The van der Waals surface area contributed by atoms with Crippen molar-refractivity contribution in [3.8, 4) is 0 Å². The van der Waals surface area contributed by atoms with Crippen LogP contribution in [0.5, 0.6) is 0 Å². The fourth-order valence-electron chi connectivity index (χ4n) is 3.57. The Labute approximate surface area is 184 Å². The SMILES string of the molecule is CCNC(=NCc1ccc(F)c(COC)c1)NCc1ccccc1CN1CCOCC1. The number of hydrogen-bond donors (Lipinski definition) is 2. The normalized spacial score (nSPS) is 15.1. The van der Waals surface area contributed by atoms with Crippen LogP contribution in [0.3, 0.4) is 0 Å². The molecule has 0 unspecified atom stereocenters. The Morgan fingerprint density at radius 1 is 1.10 bits per heavy atom. The third-order valence-electron chi connectivity index (χ3n) is 5.24. The summed E-state index contributed by atoms with van der Waals surface area (Å²) in [6.45, 7) is 8.65. The van der Waals surface area contributed by atoms with Gasteiger partial charge in [0.2, 0.25) is 0 Å². The molecule has 0 spiro atoms. The monoisotopic (exact) mass is 428 g/mol. The van der Waals surface area contributed by atoms with Gasteiger partial charge in [0.05, 0.1) is 26.4 Å². The van der Waals surface area contributed by atoms with Gasteiger partial charge in [0.15, 0.2) is 5.96 Å². The third kappa shape index (κ3) is 7.31.